The molecule has 0 spiro atoms. The predicted octanol–water partition coefficient (Wildman–Crippen LogP) is 3.41. The lowest BCUT2D eigenvalue weighted by Crippen LogP contribution is -2.08. The highest BCUT2D eigenvalue weighted by molar-refractivity contribution is 5.55. The van der Waals surface area contributed by atoms with Crippen molar-refractivity contribution in [3.05, 3.63) is 36.2 Å². The first kappa shape index (κ1) is 15.2. The molecule has 1 aromatic heterocycles. The minimum absolute atomic E-state index is 0.393. The molecule has 0 aliphatic rings. The normalized spacial score (nSPS) is 10.9. The lowest BCUT2D eigenvalue weighted by atomic mass is 10.2. The number of nitrogens with zero attached hydrogens (tertiary/aromatic N) is 2. The quantitative estimate of drug-likeness (QED) is 0.793. The molecule has 21 heavy (non-hydrogen) atoms. The van der Waals surface area contributed by atoms with Gasteiger partial charge in [-0.2, -0.15) is 5.10 Å². The van der Waals surface area contributed by atoms with Crippen LogP contribution >= 0.6 is 0 Å². The number of aromatic nitrogens is 2. The molecular weight excluding hydrogens is 266 g/mol. The first-order valence-corrected chi connectivity index (χ1v) is 7.28. The molecule has 0 radical (unpaired) electrons. The molecule has 5 nitrogen and oxygen atoms in total. The molecule has 2 aromatic rings. The third-order valence-electron chi connectivity index (χ3n) is 3.58. The monoisotopic (exact) mass is 289 g/mol. The number of nitrogen functional groups attached to an aromatic ring is 1. The molecule has 0 saturated carbocycles. The van der Waals surface area contributed by atoms with Gasteiger partial charge in [-0.1, -0.05) is 13.8 Å². The van der Waals surface area contributed by atoms with Gasteiger partial charge < -0.3 is 15.2 Å². The molecule has 114 valence electrons. The SMILES string of the molecule is CCC(CC)n1ccc(COc2cc(OC)ccc2N)n1. The molecule has 2 N–H and O–H groups in total. The van der Waals surface area contributed by atoms with E-state index in [4.69, 9.17) is 15.2 Å². The van der Waals surface area contributed by atoms with Crippen molar-refractivity contribution in [3.63, 3.8) is 0 Å². The van der Waals surface area contributed by atoms with Crippen LogP contribution in [-0.2, 0) is 6.61 Å². The van der Waals surface area contributed by atoms with Crippen molar-refractivity contribution < 1.29 is 9.47 Å². The molecule has 0 unspecified atom stereocenters. The summed E-state index contributed by atoms with van der Waals surface area (Å²) in [6.07, 6.45) is 4.15. The van der Waals surface area contributed by atoms with Crippen molar-refractivity contribution in [1.29, 1.82) is 0 Å². The molecule has 0 aliphatic heterocycles. The molecule has 5 heteroatoms. The minimum Gasteiger partial charge on any atom is -0.497 e. The standard InChI is InChI=1S/C16H23N3O2/c1-4-13(5-2)19-9-8-12(18-19)11-21-16-10-14(20-3)6-7-15(16)17/h6-10,13H,4-5,11,17H2,1-3H3. The maximum absolute atomic E-state index is 5.90. The van der Waals surface area contributed by atoms with Crippen LogP contribution in [0.25, 0.3) is 0 Å². The first-order chi connectivity index (χ1) is 10.2. The highest BCUT2D eigenvalue weighted by Gasteiger charge is 2.09. The number of hydrogen-bond donors (Lipinski definition) is 1. The average molecular weight is 289 g/mol. The summed E-state index contributed by atoms with van der Waals surface area (Å²) in [4.78, 5) is 0. The predicted molar refractivity (Wildman–Crippen MR) is 83.6 cm³/mol. The highest BCUT2D eigenvalue weighted by atomic mass is 16.5. The van der Waals surface area contributed by atoms with Crippen molar-refractivity contribution in [1.82, 2.24) is 9.78 Å². The van der Waals surface area contributed by atoms with E-state index in [0.717, 1.165) is 24.3 Å². The van der Waals surface area contributed by atoms with Gasteiger partial charge in [-0.25, -0.2) is 0 Å². The Morgan fingerprint density at radius 1 is 1.24 bits per heavy atom. The van der Waals surface area contributed by atoms with Crippen LogP contribution in [0.1, 0.15) is 38.4 Å². The third-order valence-corrected chi connectivity index (χ3v) is 3.58. The van der Waals surface area contributed by atoms with Crippen molar-refractivity contribution in [2.24, 2.45) is 0 Å². The maximum atomic E-state index is 5.90. The molecule has 0 amide bonds. The zero-order chi connectivity index (χ0) is 15.2. The summed E-state index contributed by atoms with van der Waals surface area (Å²) in [5, 5.41) is 4.56. The van der Waals surface area contributed by atoms with E-state index in [1.807, 2.05) is 23.0 Å². The lowest BCUT2D eigenvalue weighted by molar-refractivity contribution is 0.296. The second-order valence-electron chi connectivity index (χ2n) is 4.95. The highest BCUT2D eigenvalue weighted by Crippen LogP contribution is 2.27. The molecule has 2 rings (SSSR count). The number of anilines is 1. The Bertz CT molecular complexity index is 577. The van der Waals surface area contributed by atoms with Crippen LogP contribution in [0.5, 0.6) is 11.5 Å². The number of rotatable bonds is 7. The summed E-state index contributed by atoms with van der Waals surface area (Å²) < 4.78 is 12.9. The Labute approximate surface area is 125 Å². The molecule has 1 heterocycles. The fourth-order valence-corrected chi connectivity index (χ4v) is 2.24. The molecule has 0 atom stereocenters. The van der Waals surface area contributed by atoms with Crippen LogP contribution in [0, 0.1) is 0 Å². The van der Waals surface area contributed by atoms with Crippen LogP contribution in [0.4, 0.5) is 5.69 Å². The van der Waals surface area contributed by atoms with Gasteiger partial charge in [-0.15, -0.1) is 0 Å². The smallest absolute Gasteiger partial charge is 0.146 e. The van der Waals surface area contributed by atoms with Gasteiger partial charge in [0.1, 0.15) is 18.1 Å². The minimum atomic E-state index is 0.393. The number of methoxy groups -OCH3 is 1. The Balaban J connectivity index is 2.03. The van der Waals surface area contributed by atoms with Gasteiger partial charge in [-0.05, 0) is 31.0 Å². The van der Waals surface area contributed by atoms with Crippen LogP contribution in [0.15, 0.2) is 30.5 Å². The molecular formula is C16H23N3O2. The summed E-state index contributed by atoms with van der Waals surface area (Å²) in [7, 11) is 1.62. The summed E-state index contributed by atoms with van der Waals surface area (Å²) >= 11 is 0. The summed E-state index contributed by atoms with van der Waals surface area (Å²) in [6, 6.07) is 7.80. The topological polar surface area (TPSA) is 62.3 Å². The van der Waals surface area contributed by atoms with Gasteiger partial charge in [0.2, 0.25) is 0 Å². The van der Waals surface area contributed by atoms with E-state index in [9.17, 15) is 0 Å². The first-order valence-electron chi connectivity index (χ1n) is 7.28. The molecule has 1 aromatic carbocycles. The van der Waals surface area contributed by atoms with Crippen molar-refractivity contribution in [2.45, 2.75) is 39.3 Å². The molecule has 0 fully saturated rings. The Morgan fingerprint density at radius 2 is 2.00 bits per heavy atom. The van der Waals surface area contributed by atoms with Gasteiger partial charge in [0.25, 0.3) is 0 Å². The molecule has 0 aliphatic carbocycles. The second-order valence-corrected chi connectivity index (χ2v) is 4.95. The van der Waals surface area contributed by atoms with E-state index in [0.29, 0.717) is 24.1 Å². The Morgan fingerprint density at radius 3 is 2.67 bits per heavy atom. The fraction of sp³-hybridized carbons (Fsp3) is 0.438. The summed E-state index contributed by atoms with van der Waals surface area (Å²) in [5.41, 5.74) is 7.38. The molecule has 0 bridgehead atoms. The average Bonchev–Trinajstić information content (AvgIpc) is 2.96. The van der Waals surface area contributed by atoms with E-state index >= 15 is 0 Å². The number of nitrogens with two attached hydrogens (primary N) is 1. The van der Waals surface area contributed by atoms with E-state index in [1.54, 1.807) is 19.2 Å². The number of hydrogen-bond acceptors (Lipinski definition) is 4. The number of ether oxygens (including phenoxy) is 2. The van der Waals surface area contributed by atoms with Crippen molar-refractivity contribution >= 4 is 5.69 Å². The summed E-state index contributed by atoms with van der Waals surface area (Å²) in [6.45, 7) is 4.73. The van der Waals surface area contributed by atoms with E-state index in [-0.39, 0.29) is 0 Å². The summed E-state index contributed by atoms with van der Waals surface area (Å²) in [5.74, 6) is 1.34. The zero-order valence-corrected chi connectivity index (χ0v) is 12.9. The van der Waals surface area contributed by atoms with Gasteiger partial charge in [0, 0.05) is 12.3 Å². The Kier molecular flexibility index (Phi) is 5.09. The zero-order valence-electron chi connectivity index (χ0n) is 12.9. The van der Waals surface area contributed by atoms with Crippen LogP contribution in [-0.4, -0.2) is 16.9 Å². The van der Waals surface area contributed by atoms with Gasteiger partial charge in [-0.3, -0.25) is 4.68 Å². The van der Waals surface area contributed by atoms with Crippen LogP contribution in [0.3, 0.4) is 0 Å². The van der Waals surface area contributed by atoms with Gasteiger partial charge in [0.05, 0.1) is 24.5 Å². The maximum Gasteiger partial charge on any atom is 0.146 e. The fourth-order valence-electron chi connectivity index (χ4n) is 2.24. The van der Waals surface area contributed by atoms with Gasteiger partial charge >= 0.3 is 0 Å². The Hall–Kier alpha value is -2.17. The second kappa shape index (κ2) is 7.02. The van der Waals surface area contributed by atoms with Crippen molar-refractivity contribution in [2.75, 3.05) is 12.8 Å². The van der Waals surface area contributed by atoms with Crippen molar-refractivity contribution in [3.8, 4) is 11.5 Å². The molecule has 0 saturated heterocycles. The number of benzene rings is 1. The van der Waals surface area contributed by atoms with E-state index in [1.165, 1.54) is 0 Å². The largest absolute Gasteiger partial charge is 0.497 e. The lowest BCUT2D eigenvalue weighted by Gasteiger charge is -2.12. The van der Waals surface area contributed by atoms with E-state index < -0.39 is 0 Å². The van der Waals surface area contributed by atoms with Crippen LogP contribution in [0.2, 0.25) is 0 Å². The van der Waals surface area contributed by atoms with Crippen LogP contribution < -0.4 is 15.2 Å². The third kappa shape index (κ3) is 3.68. The van der Waals surface area contributed by atoms with E-state index in [2.05, 4.69) is 18.9 Å². The van der Waals surface area contributed by atoms with Gasteiger partial charge in [0.15, 0.2) is 0 Å².